The Labute approximate surface area is 154 Å². The summed E-state index contributed by atoms with van der Waals surface area (Å²) in [6.07, 6.45) is 6.91. The van der Waals surface area contributed by atoms with Crippen molar-refractivity contribution in [3.8, 4) is 0 Å². The second-order valence-electron chi connectivity index (χ2n) is 7.09. The van der Waals surface area contributed by atoms with Crippen LogP contribution in [0.25, 0.3) is 0 Å². The Morgan fingerprint density at radius 1 is 1.19 bits per heavy atom. The summed E-state index contributed by atoms with van der Waals surface area (Å²) in [5.41, 5.74) is 6.10. The molecule has 0 radical (unpaired) electrons. The highest BCUT2D eigenvalue weighted by Crippen LogP contribution is 2.25. The first-order valence-corrected chi connectivity index (χ1v) is 9.67. The van der Waals surface area contributed by atoms with E-state index in [1.165, 1.54) is 6.42 Å². The molecule has 1 aromatic heterocycles. The maximum absolute atomic E-state index is 13.2. The van der Waals surface area contributed by atoms with Gasteiger partial charge in [0.2, 0.25) is 5.91 Å². The third kappa shape index (κ3) is 4.33. The van der Waals surface area contributed by atoms with Crippen molar-refractivity contribution in [3.05, 3.63) is 23.9 Å². The molecule has 7 heteroatoms. The predicted molar refractivity (Wildman–Crippen MR) is 101 cm³/mol. The molecule has 0 saturated carbocycles. The van der Waals surface area contributed by atoms with Crippen molar-refractivity contribution in [1.29, 1.82) is 0 Å². The van der Waals surface area contributed by atoms with E-state index in [0.717, 1.165) is 44.6 Å². The van der Waals surface area contributed by atoms with Gasteiger partial charge in [-0.05, 0) is 44.2 Å². The molecule has 26 heavy (non-hydrogen) atoms. The number of piperidine rings is 2. The number of rotatable bonds is 5. The van der Waals surface area contributed by atoms with Crippen molar-refractivity contribution in [1.82, 2.24) is 15.2 Å². The van der Waals surface area contributed by atoms with Crippen molar-refractivity contribution in [2.45, 2.75) is 32.1 Å². The zero-order valence-electron chi connectivity index (χ0n) is 15.3. The minimum Gasteiger partial charge on any atom is -0.356 e. The fourth-order valence-electron chi connectivity index (χ4n) is 3.81. The molecule has 142 valence electrons. The zero-order chi connectivity index (χ0) is 18.4. The van der Waals surface area contributed by atoms with E-state index in [4.69, 9.17) is 5.73 Å². The molecule has 0 bridgehead atoms. The second kappa shape index (κ2) is 8.98. The van der Waals surface area contributed by atoms with Gasteiger partial charge in [0, 0.05) is 45.5 Å². The molecule has 2 amide bonds. The van der Waals surface area contributed by atoms with Crippen LogP contribution in [0.4, 0.5) is 5.82 Å². The highest BCUT2D eigenvalue weighted by atomic mass is 16.2. The van der Waals surface area contributed by atoms with E-state index in [1.807, 2.05) is 12.1 Å². The summed E-state index contributed by atoms with van der Waals surface area (Å²) < 4.78 is 0. The Morgan fingerprint density at radius 3 is 2.77 bits per heavy atom. The van der Waals surface area contributed by atoms with Crippen molar-refractivity contribution in [2.75, 3.05) is 44.2 Å². The first-order valence-electron chi connectivity index (χ1n) is 9.67. The third-order valence-corrected chi connectivity index (χ3v) is 5.20. The maximum Gasteiger partial charge on any atom is 0.257 e. The number of anilines is 1. The van der Waals surface area contributed by atoms with Gasteiger partial charge in [-0.15, -0.1) is 0 Å². The normalized spacial score (nSPS) is 20.7. The van der Waals surface area contributed by atoms with Crippen molar-refractivity contribution in [2.24, 2.45) is 11.7 Å². The number of nitrogens with two attached hydrogens (primary N) is 1. The summed E-state index contributed by atoms with van der Waals surface area (Å²) in [4.78, 5) is 33.9. The first-order chi connectivity index (χ1) is 12.7. The number of likely N-dealkylation sites (tertiary alicyclic amines) is 1. The van der Waals surface area contributed by atoms with Gasteiger partial charge in [-0.25, -0.2) is 4.98 Å². The molecule has 1 aromatic rings. The minimum atomic E-state index is -0.158. The summed E-state index contributed by atoms with van der Waals surface area (Å²) in [5.74, 6) is 0.603. The van der Waals surface area contributed by atoms with Crippen molar-refractivity contribution in [3.63, 3.8) is 0 Å². The number of amides is 2. The van der Waals surface area contributed by atoms with E-state index in [-0.39, 0.29) is 17.7 Å². The largest absolute Gasteiger partial charge is 0.356 e. The number of carbonyl (C=O) groups is 2. The standard InChI is InChI=1S/C19H29N5O2/c20-8-10-22-18(25)15-6-5-13-24(14-15)19(26)16-7-4-9-21-17(16)23-11-2-1-3-12-23/h4,7,9,15H,1-3,5-6,8,10-14,20H2,(H,22,25). The van der Waals surface area contributed by atoms with Gasteiger partial charge < -0.3 is 20.9 Å². The SMILES string of the molecule is NCCNC(=O)C1CCCN(C(=O)c2cccnc2N2CCCCC2)C1. The zero-order valence-corrected chi connectivity index (χ0v) is 15.3. The Morgan fingerprint density at radius 2 is 2.00 bits per heavy atom. The molecule has 7 nitrogen and oxygen atoms in total. The lowest BCUT2D eigenvalue weighted by molar-refractivity contribution is -0.126. The summed E-state index contributed by atoms with van der Waals surface area (Å²) in [6, 6.07) is 3.67. The lowest BCUT2D eigenvalue weighted by Crippen LogP contribution is -2.46. The summed E-state index contributed by atoms with van der Waals surface area (Å²) in [5, 5.41) is 2.84. The van der Waals surface area contributed by atoms with E-state index in [2.05, 4.69) is 15.2 Å². The fourth-order valence-corrected chi connectivity index (χ4v) is 3.81. The smallest absolute Gasteiger partial charge is 0.257 e. The van der Waals surface area contributed by atoms with Crippen LogP contribution in [0.15, 0.2) is 18.3 Å². The number of carbonyl (C=O) groups excluding carboxylic acids is 2. The highest BCUT2D eigenvalue weighted by molar-refractivity contribution is 5.99. The number of pyridine rings is 1. The molecule has 3 heterocycles. The van der Waals surface area contributed by atoms with Crippen LogP contribution in [0, 0.1) is 5.92 Å². The highest BCUT2D eigenvalue weighted by Gasteiger charge is 2.30. The van der Waals surface area contributed by atoms with Crippen LogP contribution in [-0.2, 0) is 4.79 Å². The molecule has 1 unspecified atom stereocenters. The van der Waals surface area contributed by atoms with Crippen LogP contribution in [0.3, 0.4) is 0 Å². The quantitative estimate of drug-likeness (QED) is 0.818. The van der Waals surface area contributed by atoms with Crippen LogP contribution in [0.2, 0.25) is 0 Å². The molecule has 3 rings (SSSR count). The molecule has 2 aliphatic heterocycles. The number of nitrogens with zero attached hydrogens (tertiary/aromatic N) is 3. The Balaban J connectivity index is 1.71. The molecule has 3 N–H and O–H groups in total. The molecule has 2 fully saturated rings. The van der Waals surface area contributed by atoms with Gasteiger partial charge in [0.15, 0.2) is 0 Å². The predicted octanol–water partition coefficient (Wildman–Crippen LogP) is 0.999. The Bertz CT molecular complexity index is 630. The van der Waals surface area contributed by atoms with E-state index >= 15 is 0 Å². The molecular weight excluding hydrogens is 330 g/mol. The van der Waals surface area contributed by atoms with Gasteiger partial charge in [-0.3, -0.25) is 9.59 Å². The van der Waals surface area contributed by atoms with Crippen LogP contribution < -0.4 is 16.0 Å². The van der Waals surface area contributed by atoms with E-state index in [0.29, 0.717) is 31.7 Å². The summed E-state index contributed by atoms with van der Waals surface area (Å²) in [6.45, 7) is 3.95. The third-order valence-electron chi connectivity index (χ3n) is 5.20. The van der Waals surface area contributed by atoms with E-state index in [9.17, 15) is 9.59 Å². The summed E-state index contributed by atoms with van der Waals surface area (Å²) in [7, 11) is 0. The molecule has 0 aromatic carbocycles. The van der Waals surface area contributed by atoms with Gasteiger partial charge in [0.05, 0.1) is 11.5 Å². The maximum atomic E-state index is 13.2. The molecule has 0 spiro atoms. The van der Waals surface area contributed by atoms with Crippen molar-refractivity contribution < 1.29 is 9.59 Å². The molecule has 1 atom stereocenters. The van der Waals surface area contributed by atoms with Crippen LogP contribution in [0.5, 0.6) is 0 Å². The van der Waals surface area contributed by atoms with Gasteiger partial charge >= 0.3 is 0 Å². The van der Waals surface area contributed by atoms with Gasteiger partial charge in [0.25, 0.3) is 5.91 Å². The molecule has 0 aliphatic carbocycles. The van der Waals surface area contributed by atoms with Crippen LogP contribution in [0.1, 0.15) is 42.5 Å². The van der Waals surface area contributed by atoms with Crippen LogP contribution in [-0.4, -0.2) is 61.0 Å². The number of nitrogens with one attached hydrogen (secondary N) is 1. The summed E-state index contributed by atoms with van der Waals surface area (Å²) >= 11 is 0. The molecule has 2 aliphatic rings. The number of hydrogen-bond acceptors (Lipinski definition) is 5. The van der Waals surface area contributed by atoms with Gasteiger partial charge in [-0.1, -0.05) is 0 Å². The van der Waals surface area contributed by atoms with Crippen molar-refractivity contribution >= 4 is 17.6 Å². The van der Waals surface area contributed by atoms with E-state index < -0.39 is 0 Å². The number of aromatic nitrogens is 1. The van der Waals surface area contributed by atoms with Gasteiger partial charge in [0.1, 0.15) is 5.82 Å². The molecule has 2 saturated heterocycles. The lowest BCUT2D eigenvalue weighted by Gasteiger charge is -2.34. The number of hydrogen-bond donors (Lipinski definition) is 2. The van der Waals surface area contributed by atoms with Crippen LogP contribution >= 0.6 is 0 Å². The van der Waals surface area contributed by atoms with Gasteiger partial charge in [-0.2, -0.15) is 0 Å². The fraction of sp³-hybridized carbons (Fsp3) is 0.632. The van der Waals surface area contributed by atoms with E-state index in [1.54, 1.807) is 11.1 Å². The second-order valence-corrected chi connectivity index (χ2v) is 7.09. The topological polar surface area (TPSA) is 91.6 Å². The minimum absolute atomic E-state index is 0.00427. The monoisotopic (exact) mass is 359 g/mol. The Kier molecular flexibility index (Phi) is 6.44. The average molecular weight is 359 g/mol. The average Bonchev–Trinajstić information content (AvgIpc) is 2.72. The lowest BCUT2D eigenvalue weighted by atomic mass is 9.96. The first kappa shape index (κ1) is 18.6. The molecular formula is C19H29N5O2. The Hall–Kier alpha value is -2.15.